The lowest BCUT2D eigenvalue weighted by atomic mass is 9.99. The molecule has 1 fully saturated rings. The van der Waals surface area contributed by atoms with Crippen LogP contribution in [0.1, 0.15) is 41.8 Å². The third kappa shape index (κ3) is 6.13. The Morgan fingerprint density at radius 2 is 1.86 bits per heavy atom. The SMILES string of the molecule is CCNC(=O)CC1N=C(c2ccc(Cl)cc2)c2cc(OCCNC(=O)c3cccc(O)c3O)ccc2N2C(C)NNC12. The minimum Gasteiger partial charge on any atom is -0.504 e. The zero-order chi connectivity index (χ0) is 29.8. The standard InChI is InChI=1S/C30H33ClN6O5/c1-3-32-26(39)16-23-29-36-35-17(2)37(29)24-12-11-20(15-22(24)27(34-23)18-7-9-19(31)10-8-18)42-14-13-33-30(41)21-5-4-6-25(38)28(21)40/h4-12,15,17,23,29,35-36,38,40H,3,13-14,16H2,1-2H3,(H,32,39)(H,33,41). The summed E-state index contributed by atoms with van der Waals surface area (Å²) < 4.78 is 6.00. The normalized spacial score (nSPS) is 19.3. The number of aliphatic imine (C=N–C) groups is 1. The molecule has 3 aromatic rings. The fourth-order valence-corrected chi connectivity index (χ4v) is 5.28. The molecule has 2 aliphatic heterocycles. The van der Waals surface area contributed by atoms with E-state index in [4.69, 9.17) is 21.3 Å². The highest BCUT2D eigenvalue weighted by atomic mass is 35.5. The number of halogens is 1. The molecule has 3 aromatic carbocycles. The second-order valence-corrected chi connectivity index (χ2v) is 10.4. The van der Waals surface area contributed by atoms with Gasteiger partial charge in [-0.05, 0) is 56.3 Å². The number of carbonyl (C=O) groups is 2. The van der Waals surface area contributed by atoms with Crippen LogP contribution in [0.15, 0.2) is 65.7 Å². The van der Waals surface area contributed by atoms with Crippen LogP contribution >= 0.6 is 11.6 Å². The van der Waals surface area contributed by atoms with Crippen LogP contribution in [0.5, 0.6) is 17.2 Å². The van der Waals surface area contributed by atoms with Crippen molar-refractivity contribution in [3.05, 3.63) is 82.4 Å². The van der Waals surface area contributed by atoms with E-state index in [-0.39, 0.29) is 49.1 Å². The van der Waals surface area contributed by atoms with Crippen molar-refractivity contribution >= 4 is 34.8 Å². The van der Waals surface area contributed by atoms with Gasteiger partial charge in [-0.1, -0.05) is 29.8 Å². The quantitative estimate of drug-likeness (QED) is 0.164. The summed E-state index contributed by atoms with van der Waals surface area (Å²) in [5, 5.41) is 25.8. The van der Waals surface area contributed by atoms with Gasteiger partial charge in [0.25, 0.3) is 5.91 Å². The van der Waals surface area contributed by atoms with Crippen LogP contribution in [0, 0.1) is 0 Å². The first kappa shape index (κ1) is 29.2. The van der Waals surface area contributed by atoms with Gasteiger partial charge in [0.05, 0.1) is 36.4 Å². The van der Waals surface area contributed by atoms with Gasteiger partial charge in [-0.25, -0.2) is 10.9 Å². The van der Waals surface area contributed by atoms with Gasteiger partial charge in [0.15, 0.2) is 11.5 Å². The number of para-hydroxylation sites is 1. The van der Waals surface area contributed by atoms with Gasteiger partial charge in [-0.15, -0.1) is 0 Å². The molecule has 11 nitrogen and oxygen atoms in total. The number of phenolic OH excluding ortho intramolecular Hbond substituents is 2. The predicted octanol–water partition coefficient (Wildman–Crippen LogP) is 2.89. The van der Waals surface area contributed by atoms with E-state index in [0.29, 0.717) is 23.0 Å². The number of fused-ring (bicyclic) bond motifs is 3. The average molecular weight is 593 g/mol. The summed E-state index contributed by atoms with van der Waals surface area (Å²) in [6.07, 6.45) is -0.165. The van der Waals surface area contributed by atoms with Crippen LogP contribution in [0.2, 0.25) is 5.02 Å². The number of phenols is 2. The topological polar surface area (TPSA) is 148 Å². The summed E-state index contributed by atoms with van der Waals surface area (Å²) >= 11 is 6.19. The molecule has 2 aliphatic rings. The minimum atomic E-state index is -0.529. The number of hydrazine groups is 1. The van der Waals surface area contributed by atoms with Crippen LogP contribution < -0.4 is 31.1 Å². The molecule has 3 atom stereocenters. The monoisotopic (exact) mass is 592 g/mol. The number of anilines is 1. The lowest BCUT2D eigenvalue weighted by Gasteiger charge is -2.31. The Balaban J connectivity index is 1.42. The molecule has 220 valence electrons. The summed E-state index contributed by atoms with van der Waals surface area (Å²) in [6, 6.07) is 16.9. The maximum absolute atomic E-state index is 12.7. The van der Waals surface area contributed by atoms with E-state index in [0.717, 1.165) is 16.8 Å². The minimum absolute atomic E-state index is 0.0254. The van der Waals surface area contributed by atoms with Gasteiger partial charge in [0.2, 0.25) is 5.91 Å². The van der Waals surface area contributed by atoms with E-state index >= 15 is 0 Å². The molecule has 0 bridgehead atoms. The number of benzene rings is 3. The van der Waals surface area contributed by atoms with Crippen molar-refractivity contribution in [1.82, 2.24) is 21.5 Å². The number of rotatable bonds is 9. The second-order valence-electron chi connectivity index (χ2n) is 9.98. The number of nitrogens with one attached hydrogen (secondary N) is 4. The molecule has 0 spiro atoms. The van der Waals surface area contributed by atoms with E-state index in [1.165, 1.54) is 18.2 Å². The van der Waals surface area contributed by atoms with Crippen molar-refractivity contribution in [2.45, 2.75) is 38.6 Å². The first-order chi connectivity index (χ1) is 20.3. The van der Waals surface area contributed by atoms with Crippen molar-refractivity contribution in [3.8, 4) is 17.2 Å². The van der Waals surface area contributed by atoms with Crippen molar-refractivity contribution < 1.29 is 24.5 Å². The van der Waals surface area contributed by atoms with Gasteiger partial charge in [0.1, 0.15) is 18.5 Å². The summed E-state index contributed by atoms with van der Waals surface area (Å²) in [6.45, 7) is 4.77. The number of carbonyl (C=O) groups excluding carboxylic acids is 2. The maximum Gasteiger partial charge on any atom is 0.255 e. The zero-order valence-electron chi connectivity index (χ0n) is 23.2. The number of hydrogen-bond donors (Lipinski definition) is 6. The Morgan fingerprint density at radius 1 is 1.07 bits per heavy atom. The van der Waals surface area contributed by atoms with Crippen LogP contribution in [-0.4, -0.2) is 65.8 Å². The van der Waals surface area contributed by atoms with Crippen molar-refractivity contribution in [1.29, 1.82) is 0 Å². The molecule has 3 unspecified atom stereocenters. The molecule has 1 saturated heterocycles. The van der Waals surface area contributed by atoms with E-state index in [9.17, 15) is 19.8 Å². The number of nitrogens with zero attached hydrogens (tertiary/aromatic N) is 2. The van der Waals surface area contributed by atoms with Gasteiger partial charge < -0.3 is 30.5 Å². The fraction of sp³-hybridized carbons (Fsp3) is 0.300. The Hall–Kier alpha value is -4.32. The Labute approximate surface area is 248 Å². The fourth-order valence-electron chi connectivity index (χ4n) is 5.15. The number of aromatic hydroxyl groups is 2. The summed E-state index contributed by atoms with van der Waals surface area (Å²) in [4.78, 5) is 32.5. The first-order valence-electron chi connectivity index (χ1n) is 13.7. The molecule has 12 heteroatoms. The summed E-state index contributed by atoms with van der Waals surface area (Å²) in [5.74, 6) is -0.886. The average Bonchev–Trinajstić information content (AvgIpc) is 3.30. The number of ether oxygens (including phenoxy) is 1. The Bertz CT molecular complexity index is 1500. The Morgan fingerprint density at radius 3 is 2.62 bits per heavy atom. The highest BCUT2D eigenvalue weighted by molar-refractivity contribution is 6.30. The number of hydrogen-bond acceptors (Lipinski definition) is 9. The third-order valence-corrected chi connectivity index (χ3v) is 7.37. The molecular weight excluding hydrogens is 560 g/mol. The maximum atomic E-state index is 12.7. The molecule has 2 heterocycles. The largest absolute Gasteiger partial charge is 0.504 e. The Kier molecular flexibility index (Phi) is 8.81. The van der Waals surface area contributed by atoms with Crippen molar-refractivity contribution in [2.24, 2.45) is 4.99 Å². The molecular formula is C30H33ClN6O5. The van der Waals surface area contributed by atoms with Crippen LogP contribution in [-0.2, 0) is 4.79 Å². The number of amides is 2. The summed E-state index contributed by atoms with van der Waals surface area (Å²) in [7, 11) is 0. The molecule has 6 N–H and O–H groups in total. The van der Waals surface area contributed by atoms with E-state index < -0.39 is 17.7 Å². The molecule has 5 rings (SSSR count). The van der Waals surface area contributed by atoms with Crippen LogP contribution in [0.3, 0.4) is 0 Å². The van der Waals surface area contributed by atoms with Gasteiger partial charge in [-0.3, -0.25) is 14.6 Å². The molecule has 0 radical (unpaired) electrons. The van der Waals surface area contributed by atoms with Crippen molar-refractivity contribution in [2.75, 3.05) is 24.6 Å². The van der Waals surface area contributed by atoms with Crippen molar-refractivity contribution in [3.63, 3.8) is 0 Å². The second kappa shape index (κ2) is 12.7. The van der Waals surface area contributed by atoms with E-state index in [2.05, 4.69) is 26.4 Å². The lowest BCUT2D eigenvalue weighted by molar-refractivity contribution is -0.121. The molecule has 42 heavy (non-hydrogen) atoms. The van der Waals surface area contributed by atoms with Gasteiger partial charge >= 0.3 is 0 Å². The third-order valence-electron chi connectivity index (χ3n) is 7.12. The molecule has 0 aliphatic carbocycles. The smallest absolute Gasteiger partial charge is 0.255 e. The molecule has 0 aromatic heterocycles. The highest BCUT2D eigenvalue weighted by Crippen LogP contribution is 2.36. The highest BCUT2D eigenvalue weighted by Gasteiger charge is 2.40. The van der Waals surface area contributed by atoms with Gasteiger partial charge in [-0.2, -0.15) is 0 Å². The summed E-state index contributed by atoms with van der Waals surface area (Å²) in [5.41, 5.74) is 9.85. The lowest BCUT2D eigenvalue weighted by Crippen LogP contribution is -2.47. The first-order valence-corrected chi connectivity index (χ1v) is 14.1. The molecule has 0 saturated carbocycles. The van der Waals surface area contributed by atoms with E-state index in [1.807, 2.05) is 44.2 Å². The van der Waals surface area contributed by atoms with E-state index in [1.54, 1.807) is 12.1 Å². The van der Waals surface area contributed by atoms with Gasteiger partial charge in [0, 0.05) is 28.4 Å². The van der Waals surface area contributed by atoms with Crippen LogP contribution in [0.4, 0.5) is 5.69 Å². The van der Waals surface area contributed by atoms with Crippen LogP contribution in [0.25, 0.3) is 0 Å². The zero-order valence-corrected chi connectivity index (χ0v) is 24.0. The molecule has 2 amide bonds. The predicted molar refractivity (Wildman–Crippen MR) is 160 cm³/mol.